The highest BCUT2D eigenvalue weighted by Gasteiger charge is 2.32. The van der Waals surface area contributed by atoms with Gasteiger partial charge in [-0.05, 0) is 17.2 Å². The number of carbonyl (C=O) groups excluding carboxylic acids is 1. The van der Waals surface area contributed by atoms with Crippen LogP contribution >= 0.6 is 11.6 Å². The van der Waals surface area contributed by atoms with Crippen LogP contribution < -0.4 is 0 Å². The quantitative estimate of drug-likeness (QED) is 0.781. The van der Waals surface area contributed by atoms with Crippen molar-refractivity contribution in [3.05, 3.63) is 69.7 Å². The van der Waals surface area contributed by atoms with Crippen LogP contribution in [0.15, 0.2) is 42.5 Å². The molecule has 0 heterocycles. The first kappa shape index (κ1) is 11.5. The lowest BCUT2D eigenvalue weighted by Gasteiger charge is -2.26. The molecule has 2 aromatic rings. The maximum atomic E-state index is 12.5. The third-order valence-corrected chi connectivity index (χ3v) is 3.59. The molecule has 18 heavy (non-hydrogen) atoms. The minimum Gasteiger partial charge on any atom is -0.372 e. The molecule has 1 unspecified atom stereocenters. The van der Waals surface area contributed by atoms with E-state index in [1.165, 1.54) is 0 Å². The van der Waals surface area contributed by atoms with E-state index in [1.807, 2.05) is 36.4 Å². The molecule has 0 amide bonds. The number of carbonyl (C=O) groups is 1. The summed E-state index contributed by atoms with van der Waals surface area (Å²) in [6.45, 7) is 0. The summed E-state index contributed by atoms with van der Waals surface area (Å²) in [5.41, 5.74) is 2.98. The number of rotatable bonds is 1. The zero-order valence-electron chi connectivity index (χ0n) is 9.81. The fourth-order valence-electron chi connectivity index (χ4n) is 2.49. The highest BCUT2D eigenvalue weighted by molar-refractivity contribution is 6.35. The van der Waals surface area contributed by atoms with Crippen molar-refractivity contribution in [2.24, 2.45) is 0 Å². The molecule has 2 nitrogen and oxygen atoms in total. The number of hydrogen-bond acceptors (Lipinski definition) is 2. The molecule has 2 aromatic carbocycles. The number of halogens is 1. The molecule has 0 saturated carbocycles. The van der Waals surface area contributed by atoms with Gasteiger partial charge in [-0.3, -0.25) is 4.79 Å². The lowest BCUT2D eigenvalue weighted by Crippen LogP contribution is -2.20. The molecule has 1 aliphatic rings. The number of ether oxygens (including phenoxy) is 1. The smallest absolute Gasteiger partial charge is 0.195 e. The molecule has 1 atom stereocenters. The van der Waals surface area contributed by atoms with E-state index in [1.54, 1.807) is 13.2 Å². The number of benzene rings is 2. The second-order valence-electron chi connectivity index (χ2n) is 4.24. The summed E-state index contributed by atoms with van der Waals surface area (Å²) in [5, 5.41) is 0.481. The Bertz CT molecular complexity index is 634. The SMILES string of the molecule is COC1c2ccccc2C(=O)c2c(Cl)cccc21. The van der Waals surface area contributed by atoms with Gasteiger partial charge in [0.1, 0.15) is 6.10 Å². The van der Waals surface area contributed by atoms with Gasteiger partial charge in [0.05, 0.1) is 5.02 Å². The van der Waals surface area contributed by atoms with E-state index in [-0.39, 0.29) is 11.9 Å². The summed E-state index contributed by atoms with van der Waals surface area (Å²) in [6, 6.07) is 13.0. The van der Waals surface area contributed by atoms with Gasteiger partial charge in [-0.1, -0.05) is 48.0 Å². The Kier molecular flexibility index (Phi) is 2.69. The number of fused-ring (bicyclic) bond motifs is 2. The molecule has 0 fully saturated rings. The molecule has 1 aliphatic carbocycles. The van der Waals surface area contributed by atoms with Crippen molar-refractivity contribution in [2.75, 3.05) is 7.11 Å². The normalized spacial score (nSPS) is 17.2. The molecule has 3 heteroatoms. The van der Waals surface area contributed by atoms with Gasteiger partial charge in [0.2, 0.25) is 0 Å². The largest absolute Gasteiger partial charge is 0.372 e. The highest BCUT2D eigenvalue weighted by atomic mass is 35.5. The lowest BCUT2D eigenvalue weighted by molar-refractivity contribution is 0.0986. The molecular formula is C15H11ClO2. The summed E-state index contributed by atoms with van der Waals surface area (Å²) in [6.07, 6.45) is -0.229. The Morgan fingerprint density at radius 2 is 1.78 bits per heavy atom. The molecule has 0 saturated heterocycles. The summed E-state index contributed by atoms with van der Waals surface area (Å²) in [5.74, 6) is -0.0282. The zero-order valence-corrected chi connectivity index (χ0v) is 10.6. The van der Waals surface area contributed by atoms with Gasteiger partial charge in [0.25, 0.3) is 0 Å². The average Bonchev–Trinajstić information content (AvgIpc) is 2.39. The van der Waals surface area contributed by atoms with E-state index in [2.05, 4.69) is 0 Å². The summed E-state index contributed by atoms with van der Waals surface area (Å²) in [4.78, 5) is 12.5. The van der Waals surface area contributed by atoms with Crippen LogP contribution in [0.4, 0.5) is 0 Å². The van der Waals surface area contributed by atoms with Crippen LogP contribution in [0.1, 0.15) is 33.2 Å². The Balaban J connectivity index is 2.32. The van der Waals surface area contributed by atoms with Crippen LogP contribution in [0.5, 0.6) is 0 Å². The second-order valence-corrected chi connectivity index (χ2v) is 4.64. The van der Waals surface area contributed by atoms with Crippen molar-refractivity contribution in [1.29, 1.82) is 0 Å². The van der Waals surface area contributed by atoms with Crippen LogP contribution in [0.2, 0.25) is 5.02 Å². The molecule has 0 spiro atoms. The van der Waals surface area contributed by atoms with Gasteiger partial charge in [-0.15, -0.1) is 0 Å². The predicted molar refractivity (Wildman–Crippen MR) is 70.2 cm³/mol. The summed E-state index contributed by atoms with van der Waals surface area (Å²) < 4.78 is 5.54. The van der Waals surface area contributed by atoms with E-state index in [4.69, 9.17) is 16.3 Å². The monoisotopic (exact) mass is 258 g/mol. The average molecular weight is 259 g/mol. The van der Waals surface area contributed by atoms with Gasteiger partial charge in [-0.2, -0.15) is 0 Å². The van der Waals surface area contributed by atoms with Gasteiger partial charge < -0.3 is 4.74 Å². The Hall–Kier alpha value is -1.64. The maximum Gasteiger partial charge on any atom is 0.195 e. The molecule has 0 bridgehead atoms. The molecule has 0 aliphatic heterocycles. The minimum absolute atomic E-state index is 0.0282. The Labute approximate surface area is 110 Å². The van der Waals surface area contributed by atoms with Crippen LogP contribution in [0.25, 0.3) is 0 Å². The molecular weight excluding hydrogens is 248 g/mol. The van der Waals surface area contributed by atoms with E-state index >= 15 is 0 Å². The molecule has 3 rings (SSSR count). The maximum absolute atomic E-state index is 12.5. The lowest BCUT2D eigenvalue weighted by atomic mass is 9.83. The van der Waals surface area contributed by atoms with Crippen molar-refractivity contribution in [2.45, 2.75) is 6.10 Å². The van der Waals surface area contributed by atoms with Crippen molar-refractivity contribution >= 4 is 17.4 Å². The van der Waals surface area contributed by atoms with Gasteiger partial charge in [-0.25, -0.2) is 0 Å². The summed E-state index contributed by atoms with van der Waals surface area (Å²) in [7, 11) is 1.64. The van der Waals surface area contributed by atoms with E-state index in [9.17, 15) is 4.79 Å². The van der Waals surface area contributed by atoms with Crippen LogP contribution in [-0.4, -0.2) is 12.9 Å². The van der Waals surface area contributed by atoms with Gasteiger partial charge >= 0.3 is 0 Å². The minimum atomic E-state index is -0.229. The van der Waals surface area contributed by atoms with E-state index in [0.717, 1.165) is 11.1 Å². The van der Waals surface area contributed by atoms with E-state index < -0.39 is 0 Å². The zero-order chi connectivity index (χ0) is 12.7. The second kappa shape index (κ2) is 4.23. The van der Waals surface area contributed by atoms with Crippen molar-refractivity contribution in [3.63, 3.8) is 0 Å². The van der Waals surface area contributed by atoms with E-state index in [0.29, 0.717) is 16.1 Å². The van der Waals surface area contributed by atoms with Crippen LogP contribution in [0, 0.1) is 0 Å². The third kappa shape index (κ3) is 1.50. The Morgan fingerprint density at radius 1 is 1.06 bits per heavy atom. The standard InChI is InChI=1S/C15H11ClO2/c1-18-15-10-6-3-2-5-9(10)14(17)13-11(15)7-4-8-12(13)16/h2-8,15H,1H3. The van der Waals surface area contributed by atoms with Gasteiger partial charge in [0.15, 0.2) is 5.78 Å². The van der Waals surface area contributed by atoms with Crippen molar-refractivity contribution in [3.8, 4) is 0 Å². The Morgan fingerprint density at radius 3 is 2.56 bits per heavy atom. The first-order valence-corrected chi connectivity index (χ1v) is 6.06. The van der Waals surface area contributed by atoms with Crippen LogP contribution in [-0.2, 0) is 4.74 Å². The predicted octanol–water partition coefficient (Wildman–Crippen LogP) is 3.62. The van der Waals surface area contributed by atoms with Crippen LogP contribution in [0.3, 0.4) is 0 Å². The first-order valence-electron chi connectivity index (χ1n) is 5.69. The van der Waals surface area contributed by atoms with Crippen molar-refractivity contribution < 1.29 is 9.53 Å². The van der Waals surface area contributed by atoms with Gasteiger partial charge in [0, 0.05) is 18.2 Å². The molecule has 90 valence electrons. The fourth-order valence-corrected chi connectivity index (χ4v) is 2.76. The number of hydrogen-bond donors (Lipinski definition) is 0. The molecule has 0 aromatic heterocycles. The number of methoxy groups -OCH3 is 1. The summed E-state index contributed by atoms with van der Waals surface area (Å²) >= 11 is 6.15. The topological polar surface area (TPSA) is 26.3 Å². The fraction of sp³-hybridized carbons (Fsp3) is 0.133. The number of ketones is 1. The molecule has 0 N–H and O–H groups in total. The first-order chi connectivity index (χ1) is 8.74. The third-order valence-electron chi connectivity index (χ3n) is 3.28. The highest BCUT2D eigenvalue weighted by Crippen LogP contribution is 2.39. The van der Waals surface area contributed by atoms with Crippen molar-refractivity contribution in [1.82, 2.24) is 0 Å². The molecule has 0 radical (unpaired) electrons.